The van der Waals surface area contributed by atoms with E-state index >= 15 is 0 Å². The van der Waals surface area contributed by atoms with Crippen molar-refractivity contribution in [1.82, 2.24) is 14.9 Å². The van der Waals surface area contributed by atoms with Crippen LogP contribution in [0.3, 0.4) is 0 Å². The molecule has 1 aromatic heterocycles. The molecule has 0 aromatic carbocycles. The highest BCUT2D eigenvalue weighted by Gasteiger charge is 2.20. The van der Waals surface area contributed by atoms with Crippen molar-refractivity contribution in [3.63, 3.8) is 0 Å². The van der Waals surface area contributed by atoms with Crippen molar-refractivity contribution in [3.8, 4) is 0 Å². The summed E-state index contributed by atoms with van der Waals surface area (Å²) in [4.78, 5) is 4.22. The number of nitrogens with zero attached hydrogens (tertiary/aromatic N) is 2. The summed E-state index contributed by atoms with van der Waals surface area (Å²) >= 11 is 0. The summed E-state index contributed by atoms with van der Waals surface area (Å²) in [5.74, 6) is 1.67. The molecule has 0 saturated carbocycles. The normalized spacial score (nSPS) is 25.8. The summed E-state index contributed by atoms with van der Waals surface area (Å²) < 4.78 is 13.6. The van der Waals surface area contributed by atoms with E-state index in [1.807, 2.05) is 12.5 Å². The largest absolute Gasteiger partial charge is 0.330 e. The first-order chi connectivity index (χ1) is 7.81. The van der Waals surface area contributed by atoms with Gasteiger partial charge in [0.05, 0.1) is 12.0 Å². The Morgan fingerprint density at radius 2 is 2.31 bits per heavy atom. The summed E-state index contributed by atoms with van der Waals surface area (Å²) in [6, 6.07) is 0.494. The van der Waals surface area contributed by atoms with Gasteiger partial charge < -0.3 is 9.88 Å². The van der Waals surface area contributed by atoms with Crippen LogP contribution in [0.15, 0.2) is 12.5 Å². The van der Waals surface area contributed by atoms with Crippen molar-refractivity contribution in [2.45, 2.75) is 32.4 Å². The van der Waals surface area contributed by atoms with Gasteiger partial charge in [0.2, 0.25) is 0 Å². The lowest BCUT2D eigenvalue weighted by atomic mass is 10.1. The van der Waals surface area contributed by atoms with Gasteiger partial charge in [-0.25, -0.2) is 4.98 Å². The number of imidazole rings is 1. The molecular formula is C11H19N3OS. The molecular weight excluding hydrogens is 222 g/mol. The maximum absolute atomic E-state index is 11.3. The fourth-order valence-electron chi connectivity index (χ4n) is 2.11. The fraction of sp³-hybridized carbons (Fsp3) is 0.727. The molecule has 0 radical (unpaired) electrons. The quantitative estimate of drug-likeness (QED) is 0.858. The van der Waals surface area contributed by atoms with Gasteiger partial charge >= 0.3 is 0 Å². The van der Waals surface area contributed by atoms with Crippen LogP contribution in [0.1, 0.15) is 31.5 Å². The molecule has 0 aliphatic carbocycles. The maximum atomic E-state index is 11.3. The van der Waals surface area contributed by atoms with Crippen molar-refractivity contribution >= 4 is 10.8 Å². The molecule has 16 heavy (non-hydrogen) atoms. The van der Waals surface area contributed by atoms with Crippen LogP contribution in [0.2, 0.25) is 0 Å². The molecule has 2 rings (SSSR count). The minimum atomic E-state index is -0.584. The topological polar surface area (TPSA) is 46.9 Å². The minimum absolute atomic E-state index is 0.494. The molecule has 0 unspecified atom stereocenters. The Morgan fingerprint density at radius 3 is 3.00 bits per heavy atom. The molecule has 1 aliphatic heterocycles. The molecule has 4 nitrogen and oxygen atoms in total. The van der Waals surface area contributed by atoms with Gasteiger partial charge in [0.25, 0.3) is 0 Å². The highest BCUT2D eigenvalue weighted by atomic mass is 32.2. The van der Waals surface area contributed by atoms with Crippen LogP contribution < -0.4 is 5.32 Å². The van der Waals surface area contributed by atoms with Crippen LogP contribution in [0.25, 0.3) is 0 Å². The summed E-state index contributed by atoms with van der Waals surface area (Å²) in [6.07, 6.45) is 5.87. The fourth-order valence-corrected chi connectivity index (χ4v) is 3.38. The van der Waals surface area contributed by atoms with E-state index in [2.05, 4.69) is 21.8 Å². The third-order valence-corrected chi connectivity index (χ3v) is 4.44. The third-order valence-electron chi connectivity index (χ3n) is 3.05. The van der Waals surface area contributed by atoms with Crippen LogP contribution >= 0.6 is 0 Å². The van der Waals surface area contributed by atoms with Gasteiger partial charge in [0.1, 0.15) is 0 Å². The SMILES string of the molecule is CCNCc1cncn1C1CCS(=O)CC1. The molecule has 0 atom stereocenters. The first-order valence-corrected chi connectivity index (χ1v) is 7.36. The van der Waals surface area contributed by atoms with Gasteiger partial charge in [-0.2, -0.15) is 0 Å². The van der Waals surface area contributed by atoms with E-state index in [1.54, 1.807) is 0 Å². The van der Waals surface area contributed by atoms with Crippen molar-refractivity contribution < 1.29 is 4.21 Å². The second kappa shape index (κ2) is 5.59. The Hall–Kier alpha value is -0.680. The van der Waals surface area contributed by atoms with E-state index in [4.69, 9.17) is 0 Å². The molecule has 1 aromatic rings. The highest BCUT2D eigenvalue weighted by Crippen LogP contribution is 2.23. The van der Waals surface area contributed by atoms with Crippen LogP contribution in [0.4, 0.5) is 0 Å². The number of aromatic nitrogens is 2. The Kier molecular flexibility index (Phi) is 4.12. The van der Waals surface area contributed by atoms with Crippen molar-refractivity contribution in [3.05, 3.63) is 18.2 Å². The zero-order chi connectivity index (χ0) is 11.4. The molecule has 2 heterocycles. The van der Waals surface area contributed by atoms with Gasteiger partial charge in [0, 0.05) is 41.1 Å². The molecule has 0 spiro atoms. The number of hydrogen-bond acceptors (Lipinski definition) is 3. The second-order valence-corrected chi connectivity index (χ2v) is 5.85. The summed E-state index contributed by atoms with van der Waals surface area (Å²) in [5.41, 5.74) is 1.24. The zero-order valence-corrected chi connectivity index (χ0v) is 10.5. The summed E-state index contributed by atoms with van der Waals surface area (Å²) in [6.45, 7) is 3.94. The van der Waals surface area contributed by atoms with Crippen LogP contribution in [0.5, 0.6) is 0 Å². The second-order valence-electron chi connectivity index (χ2n) is 4.15. The van der Waals surface area contributed by atoms with Gasteiger partial charge in [-0.1, -0.05) is 6.92 Å². The summed E-state index contributed by atoms with van der Waals surface area (Å²) in [5, 5.41) is 3.32. The van der Waals surface area contributed by atoms with Gasteiger partial charge in [-0.15, -0.1) is 0 Å². The molecule has 1 aliphatic rings. The van der Waals surface area contributed by atoms with Crippen molar-refractivity contribution in [1.29, 1.82) is 0 Å². The molecule has 1 fully saturated rings. The first kappa shape index (κ1) is 11.8. The lowest BCUT2D eigenvalue weighted by molar-refractivity contribution is 0.444. The van der Waals surface area contributed by atoms with Gasteiger partial charge in [-0.3, -0.25) is 4.21 Å². The molecule has 1 N–H and O–H groups in total. The monoisotopic (exact) mass is 241 g/mol. The zero-order valence-electron chi connectivity index (χ0n) is 9.69. The molecule has 0 bridgehead atoms. The van der Waals surface area contributed by atoms with E-state index in [9.17, 15) is 4.21 Å². The Labute approximate surface area is 98.9 Å². The van der Waals surface area contributed by atoms with Crippen LogP contribution in [-0.2, 0) is 17.3 Å². The molecule has 1 saturated heterocycles. The smallest absolute Gasteiger partial charge is 0.0951 e. The molecule has 90 valence electrons. The lowest BCUT2D eigenvalue weighted by Crippen LogP contribution is -2.24. The van der Waals surface area contributed by atoms with E-state index in [-0.39, 0.29) is 0 Å². The average Bonchev–Trinajstić information content (AvgIpc) is 2.75. The number of hydrogen-bond donors (Lipinski definition) is 1. The average molecular weight is 241 g/mol. The molecule has 5 heteroatoms. The van der Waals surface area contributed by atoms with Crippen molar-refractivity contribution in [2.75, 3.05) is 18.1 Å². The van der Waals surface area contributed by atoms with Gasteiger partial charge in [0.15, 0.2) is 0 Å². The van der Waals surface area contributed by atoms with E-state index < -0.39 is 10.8 Å². The van der Waals surface area contributed by atoms with E-state index in [0.29, 0.717) is 6.04 Å². The summed E-state index contributed by atoms with van der Waals surface area (Å²) in [7, 11) is -0.584. The van der Waals surface area contributed by atoms with Crippen LogP contribution in [-0.4, -0.2) is 31.8 Å². The minimum Gasteiger partial charge on any atom is -0.330 e. The van der Waals surface area contributed by atoms with Crippen LogP contribution in [0, 0.1) is 0 Å². The predicted octanol–water partition coefficient (Wildman–Crippen LogP) is 1.08. The Balaban J connectivity index is 2.02. The third kappa shape index (κ3) is 2.71. The Bertz CT molecular complexity index is 354. The van der Waals surface area contributed by atoms with E-state index in [1.165, 1.54) is 5.69 Å². The maximum Gasteiger partial charge on any atom is 0.0951 e. The molecule has 0 amide bonds. The highest BCUT2D eigenvalue weighted by molar-refractivity contribution is 7.85. The number of rotatable bonds is 4. The predicted molar refractivity (Wildman–Crippen MR) is 65.8 cm³/mol. The number of nitrogens with one attached hydrogen (secondary N) is 1. The van der Waals surface area contributed by atoms with Gasteiger partial charge in [-0.05, 0) is 19.4 Å². The lowest BCUT2D eigenvalue weighted by Gasteiger charge is -2.24. The van der Waals surface area contributed by atoms with E-state index in [0.717, 1.165) is 37.4 Å². The Morgan fingerprint density at radius 1 is 1.56 bits per heavy atom. The first-order valence-electron chi connectivity index (χ1n) is 5.87. The van der Waals surface area contributed by atoms with Crippen molar-refractivity contribution in [2.24, 2.45) is 0 Å². The standard InChI is InChI=1S/C11H19N3OS/c1-2-12-7-11-8-13-9-14(11)10-3-5-16(15)6-4-10/h8-10,12H,2-7H2,1H3.